The third-order valence-corrected chi connectivity index (χ3v) is 3.02. The second-order valence-corrected chi connectivity index (χ2v) is 4.56. The van der Waals surface area contributed by atoms with Gasteiger partial charge in [0.2, 0.25) is 5.78 Å². The molecule has 0 spiro atoms. The fourth-order valence-corrected chi connectivity index (χ4v) is 1.89. The van der Waals surface area contributed by atoms with Crippen molar-refractivity contribution in [3.8, 4) is 5.75 Å². The van der Waals surface area contributed by atoms with Gasteiger partial charge in [-0.1, -0.05) is 55.0 Å². The van der Waals surface area contributed by atoms with E-state index in [1.807, 2.05) is 68.4 Å². The predicted molar refractivity (Wildman–Crippen MR) is 76.7 cm³/mol. The van der Waals surface area contributed by atoms with Crippen molar-refractivity contribution in [1.82, 2.24) is 0 Å². The quantitative estimate of drug-likeness (QED) is 0.753. The molecule has 2 aromatic carbocycles. The van der Waals surface area contributed by atoms with Crippen molar-refractivity contribution in [3.05, 3.63) is 65.7 Å². The zero-order chi connectivity index (χ0) is 13.7. The Kier molecular flexibility index (Phi) is 4.35. The number of hydrogen-bond donors (Lipinski definition) is 0. The SMILES string of the molecule is CCC(Oc1ccc(C)cc1)C(=O)c1ccccc1. The molecule has 0 bridgehead atoms. The van der Waals surface area contributed by atoms with Crippen LogP contribution in [0.2, 0.25) is 0 Å². The smallest absolute Gasteiger partial charge is 0.203 e. The Hall–Kier alpha value is -2.09. The molecular formula is C17H18O2. The molecule has 0 aliphatic rings. The van der Waals surface area contributed by atoms with Crippen molar-refractivity contribution in [2.45, 2.75) is 26.4 Å². The zero-order valence-corrected chi connectivity index (χ0v) is 11.3. The molecule has 0 heterocycles. The van der Waals surface area contributed by atoms with Crippen molar-refractivity contribution in [3.63, 3.8) is 0 Å². The summed E-state index contributed by atoms with van der Waals surface area (Å²) in [4.78, 5) is 12.3. The monoisotopic (exact) mass is 254 g/mol. The van der Waals surface area contributed by atoms with Crippen molar-refractivity contribution in [1.29, 1.82) is 0 Å². The van der Waals surface area contributed by atoms with E-state index in [9.17, 15) is 4.79 Å². The van der Waals surface area contributed by atoms with Crippen molar-refractivity contribution in [2.24, 2.45) is 0 Å². The molecule has 98 valence electrons. The Morgan fingerprint density at radius 2 is 1.68 bits per heavy atom. The van der Waals surface area contributed by atoms with Gasteiger partial charge in [-0.15, -0.1) is 0 Å². The van der Waals surface area contributed by atoms with Crippen LogP contribution in [0.15, 0.2) is 54.6 Å². The third-order valence-electron chi connectivity index (χ3n) is 3.02. The normalized spacial score (nSPS) is 11.9. The summed E-state index contributed by atoms with van der Waals surface area (Å²) >= 11 is 0. The first-order valence-corrected chi connectivity index (χ1v) is 6.53. The van der Waals surface area contributed by atoms with Gasteiger partial charge in [0.1, 0.15) is 5.75 Å². The number of hydrogen-bond acceptors (Lipinski definition) is 2. The third kappa shape index (κ3) is 3.44. The van der Waals surface area contributed by atoms with E-state index in [4.69, 9.17) is 4.74 Å². The molecule has 0 N–H and O–H groups in total. The minimum atomic E-state index is -0.426. The highest BCUT2D eigenvalue weighted by Gasteiger charge is 2.19. The Labute approximate surface area is 114 Å². The summed E-state index contributed by atoms with van der Waals surface area (Å²) in [5.41, 5.74) is 1.87. The van der Waals surface area contributed by atoms with Gasteiger partial charge in [0, 0.05) is 5.56 Å². The first-order chi connectivity index (χ1) is 9.20. The number of carbonyl (C=O) groups is 1. The molecule has 0 amide bonds. The molecule has 0 radical (unpaired) electrons. The van der Waals surface area contributed by atoms with Gasteiger partial charge in [-0.05, 0) is 25.5 Å². The van der Waals surface area contributed by atoms with Crippen LogP contribution in [0.25, 0.3) is 0 Å². The first-order valence-electron chi connectivity index (χ1n) is 6.53. The van der Waals surface area contributed by atoms with E-state index in [0.29, 0.717) is 12.0 Å². The molecule has 2 aromatic rings. The van der Waals surface area contributed by atoms with Crippen LogP contribution in [-0.4, -0.2) is 11.9 Å². The number of benzene rings is 2. The maximum atomic E-state index is 12.3. The lowest BCUT2D eigenvalue weighted by Gasteiger charge is -2.16. The number of carbonyl (C=O) groups excluding carboxylic acids is 1. The standard InChI is InChI=1S/C17H18O2/c1-3-16(17(18)14-7-5-4-6-8-14)19-15-11-9-13(2)10-12-15/h4-12,16H,3H2,1-2H3. The molecular weight excluding hydrogens is 236 g/mol. The van der Waals surface area contributed by atoms with Gasteiger partial charge >= 0.3 is 0 Å². The minimum absolute atomic E-state index is 0.0312. The Morgan fingerprint density at radius 1 is 1.05 bits per heavy atom. The maximum absolute atomic E-state index is 12.3. The van der Waals surface area contributed by atoms with Gasteiger partial charge in [-0.25, -0.2) is 0 Å². The summed E-state index contributed by atoms with van der Waals surface area (Å²) in [5, 5.41) is 0. The molecule has 0 fully saturated rings. The molecule has 0 aliphatic carbocycles. The predicted octanol–water partition coefficient (Wildman–Crippen LogP) is 4.04. The number of ketones is 1. The van der Waals surface area contributed by atoms with Crippen LogP contribution in [0.3, 0.4) is 0 Å². The van der Waals surface area contributed by atoms with E-state index in [2.05, 4.69) is 0 Å². The molecule has 1 unspecified atom stereocenters. The number of rotatable bonds is 5. The van der Waals surface area contributed by atoms with Crippen LogP contribution in [0.1, 0.15) is 29.3 Å². The Morgan fingerprint density at radius 3 is 2.26 bits per heavy atom. The van der Waals surface area contributed by atoms with Gasteiger partial charge < -0.3 is 4.74 Å². The number of aryl methyl sites for hydroxylation is 1. The average Bonchev–Trinajstić information content (AvgIpc) is 2.47. The molecule has 0 saturated carbocycles. The van der Waals surface area contributed by atoms with E-state index in [1.54, 1.807) is 0 Å². The molecule has 0 aliphatic heterocycles. The summed E-state index contributed by atoms with van der Waals surface area (Å²) in [6.07, 6.45) is 0.229. The van der Waals surface area contributed by atoms with Gasteiger partial charge in [-0.2, -0.15) is 0 Å². The Balaban J connectivity index is 2.12. The summed E-state index contributed by atoms with van der Waals surface area (Å²) in [7, 11) is 0. The molecule has 2 rings (SSSR count). The molecule has 19 heavy (non-hydrogen) atoms. The van der Waals surface area contributed by atoms with Crippen molar-refractivity contribution < 1.29 is 9.53 Å². The molecule has 0 aromatic heterocycles. The Bertz CT molecular complexity index is 529. The molecule has 0 saturated heterocycles. The lowest BCUT2D eigenvalue weighted by atomic mass is 10.0. The van der Waals surface area contributed by atoms with Gasteiger partial charge in [0.05, 0.1) is 0 Å². The molecule has 2 nitrogen and oxygen atoms in total. The highest BCUT2D eigenvalue weighted by atomic mass is 16.5. The van der Waals surface area contributed by atoms with Gasteiger partial charge in [-0.3, -0.25) is 4.79 Å². The number of ether oxygens (including phenoxy) is 1. The van der Waals surface area contributed by atoms with Crippen LogP contribution < -0.4 is 4.74 Å². The number of Topliss-reactive ketones (excluding diaryl/α,β-unsaturated/α-hetero) is 1. The topological polar surface area (TPSA) is 26.3 Å². The highest BCUT2D eigenvalue weighted by Crippen LogP contribution is 2.17. The van der Waals surface area contributed by atoms with E-state index in [0.717, 1.165) is 5.75 Å². The summed E-state index contributed by atoms with van der Waals surface area (Å²) in [5.74, 6) is 0.769. The van der Waals surface area contributed by atoms with Crippen molar-refractivity contribution >= 4 is 5.78 Å². The summed E-state index contributed by atoms with van der Waals surface area (Å²) in [6, 6.07) is 17.0. The zero-order valence-electron chi connectivity index (χ0n) is 11.3. The van der Waals surface area contributed by atoms with Crippen LogP contribution >= 0.6 is 0 Å². The summed E-state index contributed by atoms with van der Waals surface area (Å²) in [6.45, 7) is 3.98. The lowest BCUT2D eigenvalue weighted by Crippen LogP contribution is -2.26. The van der Waals surface area contributed by atoms with Gasteiger partial charge in [0.15, 0.2) is 6.10 Å². The summed E-state index contributed by atoms with van der Waals surface area (Å²) < 4.78 is 5.79. The second kappa shape index (κ2) is 6.19. The fourth-order valence-electron chi connectivity index (χ4n) is 1.89. The lowest BCUT2D eigenvalue weighted by molar-refractivity contribution is 0.0786. The van der Waals surface area contributed by atoms with Crippen LogP contribution in [0, 0.1) is 6.92 Å². The fraction of sp³-hybridized carbons (Fsp3) is 0.235. The highest BCUT2D eigenvalue weighted by molar-refractivity contribution is 5.99. The van der Waals surface area contributed by atoms with Crippen LogP contribution in [-0.2, 0) is 0 Å². The average molecular weight is 254 g/mol. The maximum Gasteiger partial charge on any atom is 0.203 e. The van der Waals surface area contributed by atoms with Crippen LogP contribution in [0.4, 0.5) is 0 Å². The largest absolute Gasteiger partial charge is 0.482 e. The van der Waals surface area contributed by atoms with Gasteiger partial charge in [0.25, 0.3) is 0 Å². The van der Waals surface area contributed by atoms with E-state index >= 15 is 0 Å². The molecule has 1 atom stereocenters. The van der Waals surface area contributed by atoms with E-state index < -0.39 is 6.10 Å². The first kappa shape index (κ1) is 13.3. The van der Waals surface area contributed by atoms with Crippen molar-refractivity contribution in [2.75, 3.05) is 0 Å². The minimum Gasteiger partial charge on any atom is -0.482 e. The van der Waals surface area contributed by atoms with Crippen LogP contribution in [0.5, 0.6) is 5.75 Å². The van der Waals surface area contributed by atoms with E-state index in [1.165, 1.54) is 5.56 Å². The second-order valence-electron chi connectivity index (χ2n) is 4.56. The van der Waals surface area contributed by atoms with E-state index in [-0.39, 0.29) is 5.78 Å². The molecule has 2 heteroatoms.